The Morgan fingerprint density at radius 2 is 2.00 bits per heavy atom. The zero-order valence-corrected chi connectivity index (χ0v) is 15.1. The summed E-state index contributed by atoms with van der Waals surface area (Å²) in [6.45, 7) is 1.92. The number of aryl methyl sites for hydroxylation is 1. The van der Waals surface area contributed by atoms with Gasteiger partial charge in [-0.05, 0) is 29.5 Å². The molecule has 0 atom stereocenters. The molecule has 0 bridgehead atoms. The van der Waals surface area contributed by atoms with Crippen molar-refractivity contribution in [2.45, 2.75) is 13.3 Å². The predicted octanol–water partition coefficient (Wildman–Crippen LogP) is 3.50. The number of carboxylic acid groups (broad SMARTS) is 1. The third-order valence-corrected chi connectivity index (χ3v) is 4.81. The molecule has 0 aliphatic heterocycles. The number of hydrogen-bond acceptors (Lipinski definition) is 6. The van der Waals surface area contributed by atoms with Gasteiger partial charge in [0.1, 0.15) is 16.6 Å². The smallest absolute Gasteiger partial charge is 0.336 e. The van der Waals surface area contributed by atoms with Gasteiger partial charge in [0.2, 0.25) is 5.13 Å². The van der Waals surface area contributed by atoms with E-state index in [4.69, 9.17) is 0 Å². The van der Waals surface area contributed by atoms with E-state index in [1.165, 1.54) is 23.5 Å². The molecule has 2 N–H and O–H groups in total. The van der Waals surface area contributed by atoms with Crippen molar-refractivity contribution < 1.29 is 14.7 Å². The van der Waals surface area contributed by atoms with E-state index in [1.54, 1.807) is 30.3 Å². The normalized spacial score (nSPS) is 11.2. The molecule has 134 valence electrons. The Morgan fingerprint density at radius 1 is 1.26 bits per heavy atom. The van der Waals surface area contributed by atoms with Gasteiger partial charge < -0.3 is 5.11 Å². The Kier molecular flexibility index (Phi) is 5.24. The van der Waals surface area contributed by atoms with Crippen LogP contribution in [-0.4, -0.2) is 27.2 Å². The van der Waals surface area contributed by atoms with Crippen molar-refractivity contribution in [2.75, 3.05) is 5.32 Å². The number of nitrogens with zero attached hydrogens (tertiary/aromatic N) is 3. The molecule has 0 radical (unpaired) electrons. The number of benzene rings is 2. The van der Waals surface area contributed by atoms with E-state index in [0.717, 1.165) is 5.01 Å². The van der Waals surface area contributed by atoms with Crippen molar-refractivity contribution in [3.8, 4) is 6.07 Å². The molecule has 0 aliphatic rings. The second-order valence-corrected chi connectivity index (χ2v) is 6.60. The van der Waals surface area contributed by atoms with E-state index in [2.05, 4.69) is 15.5 Å². The maximum Gasteiger partial charge on any atom is 0.336 e. The van der Waals surface area contributed by atoms with Gasteiger partial charge in [-0.2, -0.15) is 5.26 Å². The summed E-state index contributed by atoms with van der Waals surface area (Å²) in [6, 6.07) is 12.0. The minimum absolute atomic E-state index is 0.105. The first kappa shape index (κ1) is 18.2. The average Bonchev–Trinajstić information content (AvgIpc) is 3.12. The summed E-state index contributed by atoms with van der Waals surface area (Å²) in [5.74, 6) is -1.70. The number of aromatic carboxylic acids is 1. The summed E-state index contributed by atoms with van der Waals surface area (Å²) in [5, 5.41) is 31.4. The van der Waals surface area contributed by atoms with E-state index in [9.17, 15) is 20.0 Å². The number of nitriles is 1. The molecule has 7 nitrogen and oxygen atoms in total. The van der Waals surface area contributed by atoms with Crippen molar-refractivity contribution in [1.82, 2.24) is 10.2 Å². The van der Waals surface area contributed by atoms with Gasteiger partial charge >= 0.3 is 5.97 Å². The summed E-state index contributed by atoms with van der Waals surface area (Å²) in [5.41, 5.74) is 0.424. The molecule has 0 saturated heterocycles. The molecule has 1 aromatic heterocycles. The highest BCUT2D eigenvalue weighted by Crippen LogP contribution is 2.25. The van der Waals surface area contributed by atoms with Crippen LogP contribution in [0.2, 0.25) is 0 Å². The molecular formula is C19H14N4O3S. The number of nitrogens with one attached hydrogen (secondary N) is 1. The molecule has 0 saturated carbocycles. The Morgan fingerprint density at radius 3 is 2.63 bits per heavy atom. The van der Waals surface area contributed by atoms with E-state index >= 15 is 0 Å². The lowest BCUT2D eigenvalue weighted by molar-refractivity contribution is -0.112. The van der Waals surface area contributed by atoms with Crippen LogP contribution in [0.1, 0.15) is 27.9 Å². The highest BCUT2D eigenvalue weighted by atomic mass is 32.1. The van der Waals surface area contributed by atoms with Crippen molar-refractivity contribution in [3.63, 3.8) is 0 Å². The van der Waals surface area contributed by atoms with Gasteiger partial charge in [-0.25, -0.2) is 4.79 Å². The maximum atomic E-state index is 12.4. The van der Waals surface area contributed by atoms with Crippen LogP contribution in [0.5, 0.6) is 0 Å². The van der Waals surface area contributed by atoms with Gasteiger partial charge in [0.15, 0.2) is 0 Å². The number of rotatable bonds is 5. The third kappa shape index (κ3) is 3.83. The number of carbonyl (C=O) groups is 2. The molecule has 1 heterocycles. The lowest BCUT2D eigenvalue weighted by Gasteiger charge is -2.07. The van der Waals surface area contributed by atoms with Gasteiger partial charge in [-0.1, -0.05) is 48.6 Å². The molecule has 0 spiro atoms. The minimum Gasteiger partial charge on any atom is -0.478 e. The topological polar surface area (TPSA) is 116 Å². The number of hydrogen-bond donors (Lipinski definition) is 2. The molecule has 2 aromatic carbocycles. The molecule has 0 unspecified atom stereocenters. The average molecular weight is 378 g/mol. The number of aromatic nitrogens is 2. The lowest BCUT2D eigenvalue weighted by Crippen LogP contribution is -2.13. The molecule has 0 fully saturated rings. The van der Waals surface area contributed by atoms with Gasteiger partial charge in [0, 0.05) is 5.39 Å². The van der Waals surface area contributed by atoms with Crippen molar-refractivity contribution in [1.29, 1.82) is 5.26 Å². The number of anilines is 1. The fourth-order valence-corrected chi connectivity index (χ4v) is 3.26. The zero-order chi connectivity index (χ0) is 19.4. The number of carbonyl (C=O) groups excluding carboxylic acids is 1. The molecule has 1 amide bonds. The second kappa shape index (κ2) is 7.76. The molecule has 3 rings (SSSR count). The first-order valence-electron chi connectivity index (χ1n) is 8.04. The van der Waals surface area contributed by atoms with Crippen LogP contribution in [0.15, 0.2) is 42.0 Å². The summed E-state index contributed by atoms with van der Waals surface area (Å²) < 4.78 is 0. The summed E-state index contributed by atoms with van der Waals surface area (Å²) in [6.07, 6.45) is 2.08. The molecular weight excluding hydrogens is 364 g/mol. The summed E-state index contributed by atoms with van der Waals surface area (Å²) in [4.78, 5) is 24.0. The van der Waals surface area contributed by atoms with Crippen LogP contribution in [-0.2, 0) is 11.2 Å². The van der Waals surface area contributed by atoms with Crippen LogP contribution in [0, 0.1) is 11.3 Å². The SMILES string of the molecule is CCc1nnc(NC(=O)C(C#N)=Cc2cccc3cccc(C(=O)O)c23)s1. The van der Waals surface area contributed by atoms with Crippen molar-refractivity contribution >= 4 is 45.2 Å². The van der Waals surface area contributed by atoms with Crippen LogP contribution < -0.4 is 5.32 Å². The molecule has 3 aromatic rings. The largest absolute Gasteiger partial charge is 0.478 e. The molecule has 27 heavy (non-hydrogen) atoms. The summed E-state index contributed by atoms with van der Waals surface area (Å²) in [7, 11) is 0. The standard InChI is InChI=1S/C19H14N4O3S/c1-2-15-22-23-19(27-15)21-17(24)13(10-20)9-12-7-3-5-11-6-4-8-14(16(11)12)18(25)26/h3-9H,2H2,1H3,(H,25,26)(H,21,23,24). The summed E-state index contributed by atoms with van der Waals surface area (Å²) >= 11 is 1.24. The first-order valence-corrected chi connectivity index (χ1v) is 8.85. The Bertz CT molecular complexity index is 1110. The van der Waals surface area contributed by atoms with Crippen LogP contribution >= 0.6 is 11.3 Å². The van der Waals surface area contributed by atoms with Crippen LogP contribution in [0.4, 0.5) is 5.13 Å². The van der Waals surface area contributed by atoms with E-state index in [0.29, 0.717) is 27.9 Å². The Balaban J connectivity index is 2.02. The fourth-order valence-electron chi connectivity index (χ4n) is 2.58. The first-order chi connectivity index (χ1) is 13.0. The number of amides is 1. The Hall–Kier alpha value is -3.57. The highest BCUT2D eigenvalue weighted by molar-refractivity contribution is 7.15. The van der Waals surface area contributed by atoms with Gasteiger partial charge in [0.25, 0.3) is 5.91 Å². The van der Waals surface area contributed by atoms with Crippen LogP contribution in [0.3, 0.4) is 0 Å². The molecule has 0 aliphatic carbocycles. The maximum absolute atomic E-state index is 12.4. The predicted molar refractivity (Wildman–Crippen MR) is 102 cm³/mol. The van der Waals surface area contributed by atoms with E-state index in [1.807, 2.05) is 13.0 Å². The number of fused-ring (bicyclic) bond motifs is 1. The lowest BCUT2D eigenvalue weighted by atomic mass is 9.97. The van der Waals surface area contributed by atoms with Crippen molar-refractivity contribution in [2.24, 2.45) is 0 Å². The highest BCUT2D eigenvalue weighted by Gasteiger charge is 2.15. The van der Waals surface area contributed by atoms with Crippen molar-refractivity contribution in [3.05, 3.63) is 58.1 Å². The minimum atomic E-state index is -1.08. The Labute approximate surface area is 158 Å². The van der Waals surface area contributed by atoms with E-state index in [-0.39, 0.29) is 11.1 Å². The quantitative estimate of drug-likeness (QED) is 0.518. The van der Waals surface area contributed by atoms with E-state index < -0.39 is 11.9 Å². The van der Waals surface area contributed by atoms with Gasteiger partial charge in [-0.15, -0.1) is 10.2 Å². The van der Waals surface area contributed by atoms with Crippen LogP contribution in [0.25, 0.3) is 16.8 Å². The monoisotopic (exact) mass is 378 g/mol. The zero-order valence-electron chi connectivity index (χ0n) is 14.3. The number of carboxylic acids is 1. The van der Waals surface area contributed by atoms with Gasteiger partial charge in [0.05, 0.1) is 5.56 Å². The second-order valence-electron chi connectivity index (χ2n) is 5.53. The van der Waals surface area contributed by atoms with Gasteiger partial charge in [-0.3, -0.25) is 10.1 Å². The molecule has 8 heteroatoms. The fraction of sp³-hybridized carbons (Fsp3) is 0.105. The third-order valence-electron chi connectivity index (χ3n) is 3.82.